The van der Waals surface area contributed by atoms with Gasteiger partial charge in [-0.2, -0.15) is 0 Å². The van der Waals surface area contributed by atoms with Gasteiger partial charge in [0.1, 0.15) is 0 Å². The van der Waals surface area contributed by atoms with Gasteiger partial charge in [-0.05, 0) is 0 Å². The number of hydrogen-bond acceptors (Lipinski definition) is 4. The molecule has 2 N–H and O–H groups in total. The molecule has 1 aromatic rings. The SMILES string of the molecule is CCC[CH2][Sn](/[CH]=C1\CN(C(=O)CCCC(=O)O)CC1NOCc1ccccc1)([CH2]CCC)[CH2]CCC. The number of carboxylic acids is 1. The molecule has 202 valence electrons. The number of nitrogens with one attached hydrogen (secondary N) is 1. The molecule has 1 atom stereocenters. The minimum atomic E-state index is -2.57. The van der Waals surface area contributed by atoms with E-state index in [1.165, 1.54) is 57.4 Å². The van der Waals surface area contributed by atoms with Gasteiger partial charge in [-0.3, -0.25) is 0 Å². The normalized spacial score (nSPS) is 17.1. The third-order valence-corrected chi connectivity index (χ3v) is 21.6. The summed E-state index contributed by atoms with van der Waals surface area (Å²) in [6, 6.07) is 10.1. The van der Waals surface area contributed by atoms with Crippen LogP contribution in [0.2, 0.25) is 13.3 Å². The molecule has 1 aromatic carbocycles. The van der Waals surface area contributed by atoms with Crippen LogP contribution in [-0.2, 0) is 21.0 Å². The van der Waals surface area contributed by atoms with Gasteiger partial charge in [-0.1, -0.05) is 0 Å². The van der Waals surface area contributed by atoms with E-state index < -0.39 is 24.3 Å². The van der Waals surface area contributed by atoms with Crippen LogP contribution in [0.3, 0.4) is 0 Å². The van der Waals surface area contributed by atoms with Gasteiger partial charge in [-0.25, -0.2) is 0 Å². The molecular formula is C29H48N2O4Sn. The number of carboxylic acid groups (broad SMARTS) is 1. The molecule has 36 heavy (non-hydrogen) atoms. The van der Waals surface area contributed by atoms with Crippen LogP contribution < -0.4 is 5.48 Å². The molecule has 1 amide bonds. The van der Waals surface area contributed by atoms with Gasteiger partial charge < -0.3 is 0 Å². The number of nitrogens with zero attached hydrogens (tertiary/aromatic N) is 1. The number of benzene rings is 1. The molecule has 0 aliphatic carbocycles. The van der Waals surface area contributed by atoms with Gasteiger partial charge in [0.05, 0.1) is 0 Å². The molecule has 7 heteroatoms. The maximum absolute atomic E-state index is 12.9. The first-order valence-corrected chi connectivity index (χ1v) is 21.8. The van der Waals surface area contributed by atoms with Gasteiger partial charge in [0.2, 0.25) is 0 Å². The molecule has 1 aliphatic rings. The van der Waals surface area contributed by atoms with E-state index in [9.17, 15) is 9.59 Å². The third-order valence-electron chi connectivity index (χ3n) is 7.24. The monoisotopic (exact) mass is 608 g/mol. The predicted octanol–water partition coefficient (Wildman–Crippen LogP) is 6.49. The molecule has 6 nitrogen and oxygen atoms in total. The fourth-order valence-corrected chi connectivity index (χ4v) is 20.6. The Morgan fingerprint density at radius 2 is 1.61 bits per heavy atom. The van der Waals surface area contributed by atoms with Crippen LogP contribution in [0, 0.1) is 0 Å². The van der Waals surface area contributed by atoms with Gasteiger partial charge in [0.15, 0.2) is 0 Å². The molecule has 0 radical (unpaired) electrons. The molecule has 1 unspecified atom stereocenters. The molecule has 2 rings (SSSR count). The van der Waals surface area contributed by atoms with Crippen molar-refractivity contribution in [2.75, 3.05) is 13.1 Å². The number of amides is 1. The third kappa shape index (κ3) is 10.9. The molecule has 0 bridgehead atoms. The number of hydroxylamine groups is 1. The van der Waals surface area contributed by atoms with Crippen molar-refractivity contribution < 1.29 is 19.5 Å². The number of carbonyl (C=O) groups excluding carboxylic acids is 1. The second kappa shape index (κ2) is 17.2. The van der Waals surface area contributed by atoms with Gasteiger partial charge in [0, 0.05) is 0 Å². The fraction of sp³-hybridized carbons (Fsp3) is 0.655. The summed E-state index contributed by atoms with van der Waals surface area (Å²) in [5.41, 5.74) is 5.74. The van der Waals surface area contributed by atoms with Gasteiger partial charge in [0.25, 0.3) is 0 Å². The van der Waals surface area contributed by atoms with Crippen LogP contribution in [0.4, 0.5) is 0 Å². The van der Waals surface area contributed by atoms with Crippen LogP contribution in [-0.4, -0.2) is 59.4 Å². The number of hydrogen-bond donors (Lipinski definition) is 2. The fourth-order valence-electron chi connectivity index (χ4n) is 5.10. The molecule has 1 saturated heterocycles. The molecule has 1 aliphatic heterocycles. The van der Waals surface area contributed by atoms with Crippen molar-refractivity contribution in [1.82, 2.24) is 10.4 Å². The van der Waals surface area contributed by atoms with E-state index in [4.69, 9.17) is 9.94 Å². The van der Waals surface area contributed by atoms with Crippen molar-refractivity contribution in [3.05, 3.63) is 45.6 Å². The first-order chi connectivity index (χ1) is 17.4. The van der Waals surface area contributed by atoms with E-state index in [0.29, 0.717) is 26.1 Å². The Morgan fingerprint density at radius 3 is 2.17 bits per heavy atom. The summed E-state index contributed by atoms with van der Waals surface area (Å²) < 4.78 is 6.88. The first kappa shape index (κ1) is 30.8. The van der Waals surface area contributed by atoms with Crippen molar-refractivity contribution in [3.63, 3.8) is 0 Å². The van der Waals surface area contributed by atoms with Crippen LogP contribution in [0.1, 0.15) is 84.1 Å². The minimum absolute atomic E-state index is 0.00177. The molecule has 1 heterocycles. The van der Waals surface area contributed by atoms with Gasteiger partial charge >= 0.3 is 223 Å². The number of aliphatic carboxylic acids is 1. The average Bonchev–Trinajstić information content (AvgIpc) is 3.27. The molecule has 1 fully saturated rings. The summed E-state index contributed by atoms with van der Waals surface area (Å²) in [5.74, 6) is -0.800. The van der Waals surface area contributed by atoms with Crippen LogP contribution in [0.5, 0.6) is 0 Å². The quantitative estimate of drug-likeness (QED) is 0.147. The Morgan fingerprint density at radius 1 is 1.00 bits per heavy atom. The van der Waals surface area contributed by atoms with E-state index in [2.05, 4.69) is 30.3 Å². The Labute approximate surface area is 222 Å². The number of likely N-dealkylation sites (tertiary alicyclic amines) is 1. The topological polar surface area (TPSA) is 78.9 Å². The van der Waals surface area contributed by atoms with E-state index >= 15 is 0 Å². The second-order valence-electron chi connectivity index (χ2n) is 10.4. The van der Waals surface area contributed by atoms with Crippen LogP contribution in [0.25, 0.3) is 0 Å². The zero-order valence-corrected chi connectivity index (χ0v) is 25.6. The number of unbranched alkanes of at least 4 members (excludes halogenated alkanes) is 3. The summed E-state index contributed by atoms with van der Waals surface area (Å²) in [5, 5.41) is 8.95. The summed E-state index contributed by atoms with van der Waals surface area (Å²) in [7, 11) is 0. The molecule has 0 aromatic heterocycles. The van der Waals surface area contributed by atoms with E-state index in [0.717, 1.165) is 5.56 Å². The summed E-state index contributed by atoms with van der Waals surface area (Å²) in [6.45, 7) is 8.58. The van der Waals surface area contributed by atoms with Crippen molar-refractivity contribution >= 4 is 30.3 Å². The second-order valence-corrected chi connectivity index (χ2v) is 23.2. The van der Waals surface area contributed by atoms with Gasteiger partial charge in [-0.15, -0.1) is 0 Å². The summed E-state index contributed by atoms with van der Waals surface area (Å²) in [4.78, 5) is 31.7. The zero-order valence-electron chi connectivity index (χ0n) is 22.8. The van der Waals surface area contributed by atoms with E-state index in [1.807, 2.05) is 35.2 Å². The van der Waals surface area contributed by atoms with Crippen LogP contribution >= 0.6 is 0 Å². The molecule has 0 spiro atoms. The molecule has 0 saturated carbocycles. The van der Waals surface area contributed by atoms with E-state index in [1.54, 1.807) is 0 Å². The number of carbonyl (C=O) groups is 2. The van der Waals surface area contributed by atoms with Crippen molar-refractivity contribution in [3.8, 4) is 0 Å². The summed E-state index contributed by atoms with van der Waals surface area (Å²) >= 11 is -2.57. The van der Waals surface area contributed by atoms with Crippen molar-refractivity contribution in [2.45, 2.75) is 105 Å². The average molecular weight is 607 g/mol. The Hall–Kier alpha value is -1.38. The standard InChI is InChI=1S/C17H21N2O4.3C4H9.Sn/c1-13-10-19(16(20)8-5-9-17(21)22)11-15(13)18-23-12-14-6-3-2-4-7-14;3*1-3-4-2;/h1-4,6-7,15,18H,5,8-12H2,(H,21,22);3*1,3-4H2,2H3;. The Kier molecular flexibility index (Phi) is 14.7. The van der Waals surface area contributed by atoms with Crippen LogP contribution in [0.15, 0.2) is 40.0 Å². The predicted molar refractivity (Wildman–Crippen MR) is 149 cm³/mol. The van der Waals surface area contributed by atoms with Crippen molar-refractivity contribution in [2.24, 2.45) is 0 Å². The first-order valence-electron chi connectivity index (χ1n) is 14.1. The molecular weight excluding hydrogens is 559 g/mol. The summed E-state index contributed by atoms with van der Waals surface area (Å²) in [6.07, 6.45) is 8.30. The van der Waals surface area contributed by atoms with Crippen molar-refractivity contribution in [1.29, 1.82) is 0 Å². The Bertz CT molecular complexity index is 793. The Balaban J connectivity index is 2.23. The zero-order chi connectivity index (χ0) is 26.2. The van der Waals surface area contributed by atoms with E-state index in [-0.39, 0.29) is 24.8 Å². The maximum atomic E-state index is 12.9. The number of rotatable bonds is 18.